The molecule has 0 atom stereocenters. The number of likely N-dealkylation sites (N-methyl/N-ethyl adjacent to an activating group) is 1. The Kier molecular flexibility index (Phi) is 6.21. The summed E-state index contributed by atoms with van der Waals surface area (Å²) in [5.74, 6) is -0.452. The third kappa shape index (κ3) is 4.49. The minimum atomic E-state index is -0.337. The number of carbonyl (C=O) groups is 2. The number of aromatic nitrogens is 1. The highest BCUT2D eigenvalue weighted by Crippen LogP contribution is 2.35. The number of aliphatic imine (C=N–C) groups is 1. The lowest BCUT2D eigenvalue weighted by atomic mass is 10.1. The van der Waals surface area contributed by atoms with Gasteiger partial charge in [-0.3, -0.25) is 14.5 Å². The molecule has 2 aromatic carbocycles. The molecule has 3 heterocycles. The van der Waals surface area contributed by atoms with E-state index in [0.29, 0.717) is 42.1 Å². The molecule has 34 heavy (non-hydrogen) atoms. The first-order chi connectivity index (χ1) is 16.5. The zero-order valence-electron chi connectivity index (χ0n) is 18.6. The molecule has 0 N–H and O–H groups in total. The van der Waals surface area contributed by atoms with Crippen LogP contribution in [0.25, 0.3) is 17.0 Å². The molecule has 2 aliphatic rings. The van der Waals surface area contributed by atoms with E-state index in [1.165, 1.54) is 28.8 Å². The molecule has 174 valence electrons. The number of rotatable bonds is 4. The van der Waals surface area contributed by atoms with E-state index < -0.39 is 0 Å². The van der Waals surface area contributed by atoms with Gasteiger partial charge in [0.05, 0.1) is 23.8 Å². The van der Waals surface area contributed by atoms with E-state index in [9.17, 15) is 14.0 Å². The van der Waals surface area contributed by atoms with Crippen molar-refractivity contribution in [3.8, 4) is 0 Å². The second-order valence-corrected chi connectivity index (χ2v) is 9.08. The van der Waals surface area contributed by atoms with Gasteiger partial charge >= 0.3 is 0 Å². The molecule has 2 amide bonds. The van der Waals surface area contributed by atoms with Gasteiger partial charge in [-0.15, -0.1) is 0 Å². The molecule has 0 saturated carbocycles. The third-order valence-corrected chi connectivity index (χ3v) is 6.89. The van der Waals surface area contributed by atoms with Crippen molar-refractivity contribution < 1.29 is 18.7 Å². The zero-order chi connectivity index (χ0) is 23.7. The summed E-state index contributed by atoms with van der Waals surface area (Å²) < 4.78 is 20.5. The molecule has 2 saturated heterocycles. The summed E-state index contributed by atoms with van der Waals surface area (Å²) >= 11 is 1.27. The first kappa shape index (κ1) is 22.4. The summed E-state index contributed by atoms with van der Waals surface area (Å²) in [5, 5.41) is 1.49. The van der Waals surface area contributed by atoms with Crippen molar-refractivity contribution in [2.45, 2.75) is 6.54 Å². The van der Waals surface area contributed by atoms with Crippen LogP contribution in [0.4, 0.5) is 10.1 Å². The second-order valence-electron chi connectivity index (χ2n) is 8.07. The van der Waals surface area contributed by atoms with Crippen LogP contribution in [0.15, 0.2) is 64.6 Å². The Labute approximate surface area is 200 Å². The van der Waals surface area contributed by atoms with Crippen molar-refractivity contribution >= 4 is 51.4 Å². The number of thioether (sulfide) groups is 1. The van der Waals surface area contributed by atoms with Gasteiger partial charge in [0, 0.05) is 42.8 Å². The molecule has 3 aromatic rings. The van der Waals surface area contributed by atoms with Crippen molar-refractivity contribution in [3.63, 3.8) is 0 Å². The topological polar surface area (TPSA) is 67.1 Å². The second kappa shape index (κ2) is 9.44. The molecule has 0 unspecified atom stereocenters. The van der Waals surface area contributed by atoms with Crippen LogP contribution in [-0.4, -0.2) is 64.7 Å². The fraction of sp³-hybridized carbons (Fsp3) is 0.240. The Morgan fingerprint density at radius 1 is 1.15 bits per heavy atom. The SMILES string of the molecule is CN1C(=O)/C(=C/c2cn(CC(=O)N3CCOCC3)c3ccccc23)SC1=Nc1ccc(F)cc1. The van der Waals surface area contributed by atoms with Crippen molar-refractivity contribution in [2.75, 3.05) is 33.4 Å². The van der Waals surface area contributed by atoms with Crippen molar-refractivity contribution in [3.05, 3.63) is 71.0 Å². The fourth-order valence-corrected chi connectivity index (χ4v) is 4.98. The Balaban J connectivity index is 1.44. The van der Waals surface area contributed by atoms with Crippen LogP contribution in [-0.2, 0) is 20.9 Å². The summed E-state index contributed by atoms with van der Waals surface area (Å²) in [6.45, 7) is 2.54. The monoisotopic (exact) mass is 478 g/mol. The molecule has 0 bridgehead atoms. The quantitative estimate of drug-likeness (QED) is 0.534. The van der Waals surface area contributed by atoms with Crippen LogP contribution in [0.5, 0.6) is 0 Å². The Hall–Kier alpha value is -3.43. The number of nitrogens with zero attached hydrogens (tertiary/aromatic N) is 4. The van der Waals surface area contributed by atoms with E-state index in [0.717, 1.165) is 16.5 Å². The lowest BCUT2D eigenvalue weighted by molar-refractivity contribution is -0.135. The highest BCUT2D eigenvalue weighted by molar-refractivity contribution is 8.18. The molecule has 1 aromatic heterocycles. The minimum absolute atomic E-state index is 0.0445. The zero-order valence-corrected chi connectivity index (χ0v) is 19.4. The number of carbonyl (C=O) groups excluding carboxylic acids is 2. The fourth-order valence-electron chi connectivity index (χ4n) is 4.00. The molecule has 9 heteroatoms. The number of benzene rings is 2. The molecule has 0 aliphatic carbocycles. The number of hydrogen-bond acceptors (Lipinski definition) is 5. The van der Waals surface area contributed by atoms with Crippen molar-refractivity contribution in [1.29, 1.82) is 0 Å². The van der Waals surface area contributed by atoms with E-state index in [4.69, 9.17) is 4.74 Å². The average Bonchev–Trinajstić information content (AvgIpc) is 3.33. The van der Waals surface area contributed by atoms with E-state index in [1.807, 2.05) is 46.0 Å². The molecule has 2 aliphatic heterocycles. The van der Waals surface area contributed by atoms with Gasteiger partial charge in [-0.1, -0.05) is 18.2 Å². The minimum Gasteiger partial charge on any atom is -0.378 e. The Morgan fingerprint density at radius 3 is 2.65 bits per heavy atom. The van der Waals surface area contributed by atoms with E-state index in [-0.39, 0.29) is 24.2 Å². The summed E-state index contributed by atoms with van der Waals surface area (Å²) in [6, 6.07) is 13.7. The maximum atomic E-state index is 13.2. The van der Waals surface area contributed by atoms with Gasteiger partial charge in [-0.2, -0.15) is 0 Å². The summed E-state index contributed by atoms with van der Waals surface area (Å²) in [7, 11) is 1.67. The van der Waals surface area contributed by atoms with Gasteiger partial charge in [0.15, 0.2) is 5.17 Å². The Bertz CT molecular complexity index is 1310. The summed E-state index contributed by atoms with van der Waals surface area (Å²) in [4.78, 5) is 34.1. The first-order valence-corrected chi connectivity index (χ1v) is 11.8. The van der Waals surface area contributed by atoms with Crippen molar-refractivity contribution in [2.24, 2.45) is 4.99 Å². The van der Waals surface area contributed by atoms with E-state index >= 15 is 0 Å². The number of halogens is 1. The largest absolute Gasteiger partial charge is 0.378 e. The Morgan fingerprint density at radius 2 is 1.88 bits per heavy atom. The molecule has 0 spiro atoms. The predicted molar refractivity (Wildman–Crippen MR) is 131 cm³/mol. The van der Waals surface area contributed by atoms with Gasteiger partial charge in [-0.05, 0) is 48.2 Å². The lowest BCUT2D eigenvalue weighted by Crippen LogP contribution is -2.42. The number of amides is 2. The van der Waals surface area contributed by atoms with E-state index in [2.05, 4.69) is 4.99 Å². The number of fused-ring (bicyclic) bond motifs is 1. The first-order valence-electron chi connectivity index (χ1n) is 10.9. The normalized spacial score (nSPS) is 19.1. The molecule has 5 rings (SSSR count). The molecular weight excluding hydrogens is 455 g/mol. The molecular formula is C25H23FN4O3S. The van der Waals surface area contributed by atoms with Crippen LogP contribution < -0.4 is 0 Å². The van der Waals surface area contributed by atoms with Gasteiger partial charge in [-0.25, -0.2) is 9.38 Å². The third-order valence-electron chi connectivity index (χ3n) is 5.83. The smallest absolute Gasteiger partial charge is 0.266 e. The van der Waals surface area contributed by atoms with Gasteiger partial charge < -0.3 is 14.2 Å². The van der Waals surface area contributed by atoms with Gasteiger partial charge in [0.1, 0.15) is 12.4 Å². The maximum absolute atomic E-state index is 13.2. The van der Waals surface area contributed by atoms with Crippen LogP contribution in [0, 0.1) is 5.82 Å². The maximum Gasteiger partial charge on any atom is 0.266 e. The lowest BCUT2D eigenvalue weighted by Gasteiger charge is -2.27. The molecule has 0 radical (unpaired) electrons. The van der Waals surface area contributed by atoms with Crippen molar-refractivity contribution in [1.82, 2.24) is 14.4 Å². The number of amidine groups is 1. The summed E-state index contributed by atoms with van der Waals surface area (Å²) in [6.07, 6.45) is 3.76. The number of ether oxygens (including phenoxy) is 1. The number of hydrogen-bond donors (Lipinski definition) is 0. The van der Waals surface area contributed by atoms with E-state index in [1.54, 1.807) is 19.2 Å². The molecule has 7 nitrogen and oxygen atoms in total. The number of morpholine rings is 1. The standard InChI is InChI=1S/C25H23FN4O3S/c1-28-24(32)22(34-25(28)27-19-8-6-18(26)7-9-19)14-17-15-30(21-5-3-2-4-20(17)21)16-23(31)29-10-12-33-13-11-29/h2-9,14-15H,10-13,16H2,1H3/b22-14-,27-25?. The van der Waals surface area contributed by atoms with Crippen LogP contribution in [0.3, 0.4) is 0 Å². The average molecular weight is 479 g/mol. The summed E-state index contributed by atoms with van der Waals surface area (Å²) in [5.41, 5.74) is 2.36. The van der Waals surface area contributed by atoms with Gasteiger partial charge in [0.2, 0.25) is 5.91 Å². The van der Waals surface area contributed by atoms with Gasteiger partial charge in [0.25, 0.3) is 5.91 Å². The van der Waals surface area contributed by atoms with Crippen LogP contribution >= 0.6 is 11.8 Å². The number of para-hydroxylation sites is 1. The highest BCUT2D eigenvalue weighted by atomic mass is 32.2. The van der Waals surface area contributed by atoms with Crippen LogP contribution in [0.1, 0.15) is 5.56 Å². The highest BCUT2D eigenvalue weighted by Gasteiger charge is 2.30. The molecule has 2 fully saturated rings. The predicted octanol–water partition coefficient (Wildman–Crippen LogP) is 3.87. The van der Waals surface area contributed by atoms with Crippen LogP contribution in [0.2, 0.25) is 0 Å².